The van der Waals surface area contributed by atoms with Gasteiger partial charge in [0.2, 0.25) is 0 Å². The van der Waals surface area contributed by atoms with E-state index in [9.17, 15) is 5.11 Å². The molecule has 0 heterocycles. The number of aliphatic hydroxyl groups excluding tert-OH is 1. The van der Waals surface area contributed by atoms with E-state index in [2.05, 4.69) is 22.9 Å². The van der Waals surface area contributed by atoms with Gasteiger partial charge in [-0.25, -0.2) is 0 Å². The molecule has 1 aromatic rings. The summed E-state index contributed by atoms with van der Waals surface area (Å²) >= 11 is 3.50. The highest BCUT2D eigenvalue weighted by Crippen LogP contribution is 2.38. The molecule has 2 unspecified atom stereocenters. The van der Waals surface area contributed by atoms with Crippen molar-refractivity contribution < 1.29 is 14.6 Å². The highest BCUT2D eigenvalue weighted by molar-refractivity contribution is 9.10. The molecule has 0 aromatic heterocycles. The Hall–Kier alpha value is -0.740. The summed E-state index contributed by atoms with van der Waals surface area (Å²) in [4.78, 5) is 0. The standard InChI is InChI=1S/C15H23BrO3/c1-5-10(4)15(17)11-8-13(18-6-2)14(19-7-3)9-12(11)16/h8-10,15,17H,5-7H2,1-4H3. The van der Waals surface area contributed by atoms with Crippen LogP contribution in [-0.4, -0.2) is 18.3 Å². The van der Waals surface area contributed by atoms with Crippen LogP contribution in [0.5, 0.6) is 11.5 Å². The zero-order valence-electron chi connectivity index (χ0n) is 12.1. The molecule has 4 heteroatoms. The number of hydrogen-bond donors (Lipinski definition) is 1. The molecule has 0 bridgehead atoms. The molecule has 19 heavy (non-hydrogen) atoms. The number of benzene rings is 1. The Morgan fingerprint density at radius 1 is 1.11 bits per heavy atom. The van der Waals surface area contributed by atoms with E-state index in [0.29, 0.717) is 24.7 Å². The van der Waals surface area contributed by atoms with Crippen LogP contribution in [0.3, 0.4) is 0 Å². The van der Waals surface area contributed by atoms with Crippen molar-refractivity contribution in [2.75, 3.05) is 13.2 Å². The molecule has 1 rings (SSSR count). The van der Waals surface area contributed by atoms with Crippen molar-refractivity contribution in [3.8, 4) is 11.5 Å². The van der Waals surface area contributed by atoms with E-state index in [-0.39, 0.29) is 5.92 Å². The summed E-state index contributed by atoms with van der Waals surface area (Å²) in [5, 5.41) is 10.4. The van der Waals surface area contributed by atoms with E-state index in [1.165, 1.54) is 0 Å². The average molecular weight is 331 g/mol. The van der Waals surface area contributed by atoms with Gasteiger partial charge in [-0.3, -0.25) is 0 Å². The van der Waals surface area contributed by atoms with Gasteiger partial charge in [-0.2, -0.15) is 0 Å². The summed E-state index contributed by atoms with van der Waals surface area (Å²) in [6.45, 7) is 9.13. The van der Waals surface area contributed by atoms with E-state index < -0.39 is 6.10 Å². The van der Waals surface area contributed by atoms with E-state index in [4.69, 9.17) is 9.47 Å². The largest absolute Gasteiger partial charge is 0.490 e. The molecule has 0 saturated carbocycles. The summed E-state index contributed by atoms with van der Waals surface area (Å²) in [7, 11) is 0. The first-order valence-electron chi connectivity index (χ1n) is 6.82. The Morgan fingerprint density at radius 3 is 2.11 bits per heavy atom. The van der Waals surface area contributed by atoms with E-state index in [1.54, 1.807) is 0 Å². The van der Waals surface area contributed by atoms with Gasteiger partial charge in [0, 0.05) is 4.47 Å². The predicted octanol–water partition coefficient (Wildman–Crippen LogP) is 4.33. The highest BCUT2D eigenvalue weighted by atomic mass is 79.9. The van der Waals surface area contributed by atoms with Crippen LogP contribution in [0.4, 0.5) is 0 Å². The van der Waals surface area contributed by atoms with Crippen LogP contribution in [0, 0.1) is 5.92 Å². The van der Waals surface area contributed by atoms with Crippen molar-refractivity contribution in [1.29, 1.82) is 0 Å². The van der Waals surface area contributed by atoms with Gasteiger partial charge >= 0.3 is 0 Å². The highest BCUT2D eigenvalue weighted by Gasteiger charge is 2.20. The van der Waals surface area contributed by atoms with Gasteiger partial charge < -0.3 is 14.6 Å². The molecule has 0 amide bonds. The van der Waals surface area contributed by atoms with Crippen LogP contribution in [0.1, 0.15) is 45.8 Å². The molecule has 1 aromatic carbocycles. The first kappa shape index (κ1) is 16.3. The molecule has 0 radical (unpaired) electrons. The Morgan fingerprint density at radius 2 is 1.63 bits per heavy atom. The first-order chi connectivity index (χ1) is 9.04. The molecular weight excluding hydrogens is 308 g/mol. The number of halogens is 1. The molecule has 0 fully saturated rings. The number of aliphatic hydroxyl groups is 1. The molecule has 2 atom stereocenters. The van der Waals surface area contributed by atoms with E-state index in [1.807, 2.05) is 32.9 Å². The monoisotopic (exact) mass is 330 g/mol. The second-order valence-corrected chi connectivity index (χ2v) is 5.37. The lowest BCUT2D eigenvalue weighted by Crippen LogP contribution is -2.10. The fourth-order valence-corrected chi connectivity index (χ4v) is 2.40. The topological polar surface area (TPSA) is 38.7 Å². The fraction of sp³-hybridized carbons (Fsp3) is 0.600. The van der Waals surface area contributed by atoms with Gasteiger partial charge in [0.05, 0.1) is 19.3 Å². The van der Waals surface area contributed by atoms with Gasteiger partial charge in [-0.1, -0.05) is 36.2 Å². The van der Waals surface area contributed by atoms with Crippen LogP contribution in [0.15, 0.2) is 16.6 Å². The molecule has 108 valence electrons. The van der Waals surface area contributed by atoms with Crippen LogP contribution in [0.25, 0.3) is 0 Å². The van der Waals surface area contributed by atoms with Gasteiger partial charge in [-0.05, 0) is 37.5 Å². The minimum atomic E-state index is -0.505. The minimum absolute atomic E-state index is 0.198. The molecule has 3 nitrogen and oxygen atoms in total. The minimum Gasteiger partial charge on any atom is -0.490 e. The van der Waals surface area contributed by atoms with Gasteiger partial charge in [-0.15, -0.1) is 0 Å². The van der Waals surface area contributed by atoms with E-state index >= 15 is 0 Å². The van der Waals surface area contributed by atoms with Crippen molar-refractivity contribution in [3.63, 3.8) is 0 Å². The smallest absolute Gasteiger partial charge is 0.162 e. The first-order valence-corrected chi connectivity index (χ1v) is 7.61. The third-order valence-corrected chi connectivity index (χ3v) is 3.85. The molecule has 0 aliphatic carbocycles. The normalized spacial score (nSPS) is 14.0. The molecule has 1 N–H and O–H groups in total. The van der Waals surface area contributed by atoms with Crippen molar-refractivity contribution >= 4 is 15.9 Å². The lowest BCUT2D eigenvalue weighted by Gasteiger charge is -2.21. The van der Waals surface area contributed by atoms with Crippen LogP contribution >= 0.6 is 15.9 Å². The Kier molecular flexibility index (Phi) is 6.66. The Balaban J connectivity index is 3.15. The second-order valence-electron chi connectivity index (χ2n) is 4.52. The molecule has 0 aliphatic heterocycles. The van der Waals surface area contributed by atoms with Crippen molar-refractivity contribution in [3.05, 3.63) is 22.2 Å². The summed E-state index contributed by atoms with van der Waals surface area (Å²) in [5.74, 6) is 1.59. The lowest BCUT2D eigenvalue weighted by atomic mass is 9.95. The summed E-state index contributed by atoms with van der Waals surface area (Å²) < 4.78 is 12.0. The Labute approximate surface area is 124 Å². The Bertz CT molecular complexity index is 407. The SMILES string of the molecule is CCOc1cc(Br)c(C(O)C(C)CC)cc1OCC. The van der Waals surface area contributed by atoms with E-state index in [0.717, 1.165) is 16.5 Å². The zero-order chi connectivity index (χ0) is 14.4. The van der Waals surface area contributed by atoms with Gasteiger partial charge in [0.1, 0.15) is 0 Å². The maximum atomic E-state index is 10.4. The number of ether oxygens (including phenoxy) is 2. The lowest BCUT2D eigenvalue weighted by molar-refractivity contribution is 0.114. The second kappa shape index (κ2) is 7.75. The molecule has 0 aliphatic rings. The summed E-state index contributed by atoms with van der Waals surface area (Å²) in [6, 6.07) is 3.74. The fourth-order valence-electron chi connectivity index (χ4n) is 1.84. The van der Waals surface area contributed by atoms with Crippen LogP contribution < -0.4 is 9.47 Å². The number of rotatable bonds is 7. The summed E-state index contributed by atoms with van der Waals surface area (Å²) in [6.07, 6.45) is 0.416. The van der Waals surface area contributed by atoms with Crippen LogP contribution in [0.2, 0.25) is 0 Å². The van der Waals surface area contributed by atoms with Gasteiger partial charge in [0.25, 0.3) is 0 Å². The third kappa shape index (κ3) is 4.11. The number of hydrogen-bond acceptors (Lipinski definition) is 3. The average Bonchev–Trinajstić information content (AvgIpc) is 2.40. The van der Waals surface area contributed by atoms with Crippen molar-refractivity contribution in [1.82, 2.24) is 0 Å². The van der Waals surface area contributed by atoms with Crippen molar-refractivity contribution in [2.24, 2.45) is 5.92 Å². The van der Waals surface area contributed by atoms with Crippen LogP contribution in [-0.2, 0) is 0 Å². The molecule has 0 saturated heterocycles. The maximum absolute atomic E-state index is 10.4. The van der Waals surface area contributed by atoms with Gasteiger partial charge in [0.15, 0.2) is 11.5 Å². The predicted molar refractivity (Wildman–Crippen MR) is 80.9 cm³/mol. The maximum Gasteiger partial charge on any atom is 0.162 e. The molecule has 0 spiro atoms. The van der Waals surface area contributed by atoms with Crippen molar-refractivity contribution in [2.45, 2.75) is 40.2 Å². The molecular formula is C15H23BrO3. The summed E-state index contributed by atoms with van der Waals surface area (Å²) in [5.41, 5.74) is 0.848. The third-order valence-electron chi connectivity index (χ3n) is 3.16. The quantitative estimate of drug-likeness (QED) is 0.808. The zero-order valence-corrected chi connectivity index (χ0v) is 13.7.